The number of nitrogens with zero attached hydrogens (tertiary/aromatic N) is 2. The van der Waals surface area contributed by atoms with Crippen molar-refractivity contribution < 1.29 is 14.3 Å². The highest BCUT2D eigenvalue weighted by atomic mass is 16.5. The summed E-state index contributed by atoms with van der Waals surface area (Å²) in [6, 6.07) is 8.06. The topological polar surface area (TPSA) is 55.7 Å². The Morgan fingerprint density at radius 3 is 2.85 bits per heavy atom. The van der Waals surface area contributed by atoms with Crippen molar-refractivity contribution in [2.24, 2.45) is 5.92 Å². The van der Waals surface area contributed by atoms with Gasteiger partial charge in [0.1, 0.15) is 5.75 Å². The van der Waals surface area contributed by atoms with Gasteiger partial charge in [0, 0.05) is 37.8 Å². The molecule has 0 aliphatic carbocycles. The van der Waals surface area contributed by atoms with Gasteiger partial charge in [-0.3, -0.25) is 9.69 Å². The van der Waals surface area contributed by atoms with E-state index < -0.39 is 0 Å². The van der Waals surface area contributed by atoms with Crippen molar-refractivity contribution in [3.8, 4) is 5.75 Å². The Labute approximate surface area is 161 Å². The Morgan fingerprint density at radius 2 is 2.07 bits per heavy atom. The molecule has 148 valence electrons. The Bertz CT molecular complexity index is 735. The number of amides is 1. The fourth-order valence-electron chi connectivity index (χ4n) is 3.42. The lowest BCUT2D eigenvalue weighted by molar-refractivity contribution is -0.123. The summed E-state index contributed by atoms with van der Waals surface area (Å²) in [5.41, 5.74) is 1.15. The van der Waals surface area contributed by atoms with Gasteiger partial charge in [-0.05, 0) is 37.1 Å². The molecule has 1 aliphatic heterocycles. The van der Waals surface area contributed by atoms with Crippen LogP contribution in [0.5, 0.6) is 5.75 Å². The van der Waals surface area contributed by atoms with Crippen LogP contribution >= 0.6 is 0 Å². The van der Waals surface area contributed by atoms with Gasteiger partial charge in [-0.1, -0.05) is 19.9 Å². The quantitative estimate of drug-likeness (QED) is 0.686. The fraction of sp³-hybridized carbons (Fsp3) is 0.571. The molecule has 0 unspecified atom stereocenters. The summed E-state index contributed by atoms with van der Waals surface area (Å²) in [6.07, 6.45) is 3.03. The second-order valence-electron chi connectivity index (χ2n) is 7.50. The number of morpholine rings is 1. The summed E-state index contributed by atoms with van der Waals surface area (Å²) in [4.78, 5) is 14.4. The summed E-state index contributed by atoms with van der Waals surface area (Å²) >= 11 is 0. The number of ether oxygens (including phenoxy) is 2. The zero-order valence-corrected chi connectivity index (χ0v) is 16.4. The second kappa shape index (κ2) is 9.76. The van der Waals surface area contributed by atoms with Crippen molar-refractivity contribution in [3.63, 3.8) is 0 Å². The van der Waals surface area contributed by atoms with Gasteiger partial charge in [-0.2, -0.15) is 0 Å². The standard InChI is InChI=1S/C21H31N3O3/c1-17(2)15-24-10-7-18-19(24)5-3-6-20(18)27-16-21(25)22-8-4-9-23-11-13-26-14-12-23/h3,5-7,10,17H,4,8-9,11-16H2,1-2H3,(H,22,25). The number of carbonyl (C=O) groups is 1. The number of hydrogen-bond acceptors (Lipinski definition) is 4. The summed E-state index contributed by atoms with van der Waals surface area (Å²) in [6.45, 7) is 10.7. The molecule has 2 heterocycles. The fourth-order valence-corrected chi connectivity index (χ4v) is 3.42. The van der Waals surface area contributed by atoms with Crippen LogP contribution in [0.15, 0.2) is 30.5 Å². The smallest absolute Gasteiger partial charge is 0.257 e. The molecule has 3 rings (SSSR count). The van der Waals surface area contributed by atoms with Gasteiger partial charge in [-0.15, -0.1) is 0 Å². The molecular formula is C21H31N3O3. The van der Waals surface area contributed by atoms with E-state index in [9.17, 15) is 4.79 Å². The highest BCUT2D eigenvalue weighted by Crippen LogP contribution is 2.27. The van der Waals surface area contributed by atoms with Crippen molar-refractivity contribution in [1.82, 2.24) is 14.8 Å². The van der Waals surface area contributed by atoms with Crippen molar-refractivity contribution in [3.05, 3.63) is 30.5 Å². The summed E-state index contributed by atoms with van der Waals surface area (Å²) in [5, 5.41) is 4.00. The SMILES string of the molecule is CC(C)Cn1ccc2c(OCC(=O)NCCCN3CCOCC3)cccc21. The first-order valence-electron chi connectivity index (χ1n) is 9.91. The van der Waals surface area contributed by atoms with Crippen LogP contribution in [-0.2, 0) is 16.1 Å². The molecule has 2 aromatic rings. The highest BCUT2D eigenvalue weighted by molar-refractivity contribution is 5.87. The predicted octanol–water partition coefficient (Wildman–Crippen LogP) is 2.51. The molecule has 1 N–H and O–H groups in total. The zero-order chi connectivity index (χ0) is 19.1. The number of rotatable bonds is 9. The first-order valence-corrected chi connectivity index (χ1v) is 9.91. The molecule has 1 amide bonds. The monoisotopic (exact) mass is 373 g/mol. The number of hydrogen-bond donors (Lipinski definition) is 1. The lowest BCUT2D eigenvalue weighted by Crippen LogP contribution is -2.38. The van der Waals surface area contributed by atoms with Gasteiger partial charge in [-0.25, -0.2) is 0 Å². The van der Waals surface area contributed by atoms with E-state index in [0.717, 1.165) is 62.5 Å². The Balaban J connectivity index is 1.44. The normalized spacial score (nSPS) is 15.4. The van der Waals surface area contributed by atoms with Crippen molar-refractivity contribution in [1.29, 1.82) is 0 Å². The van der Waals surface area contributed by atoms with Crippen LogP contribution in [0.1, 0.15) is 20.3 Å². The first-order chi connectivity index (χ1) is 13.1. The molecule has 0 bridgehead atoms. The third-order valence-electron chi connectivity index (χ3n) is 4.77. The van der Waals surface area contributed by atoms with Crippen LogP contribution in [-0.4, -0.2) is 61.4 Å². The van der Waals surface area contributed by atoms with Crippen molar-refractivity contribution in [2.75, 3.05) is 46.0 Å². The molecule has 1 saturated heterocycles. The van der Waals surface area contributed by atoms with Gasteiger partial charge in [0.2, 0.25) is 0 Å². The molecule has 0 atom stereocenters. The molecule has 0 spiro atoms. The largest absolute Gasteiger partial charge is 0.483 e. The number of fused-ring (bicyclic) bond motifs is 1. The van der Waals surface area contributed by atoms with Gasteiger partial charge in [0.15, 0.2) is 6.61 Å². The van der Waals surface area contributed by atoms with Crippen LogP contribution in [0.2, 0.25) is 0 Å². The maximum absolute atomic E-state index is 12.1. The Kier molecular flexibility index (Phi) is 7.12. The van der Waals surface area contributed by atoms with E-state index in [2.05, 4.69) is 47.0 Å². The Morgan fingerprint density at radius 1 is 1.26 bits per heavy atom. The van der Waals surface area contributed by atoms with E-state index in [4.69, 9.17) is 9.47 Å². The molecule has 1 aliphatic rings. The molecule has 1 aromatic heterocycles. The predicted molar refractivity (Wildman–Crippen MR) is 107 cm³/mol. The molecule has 1 fully saturated rings. The average Bonchev–Trinajstić information content (AvgIpc) is 3.07. The van der Waals surface area contributed by atoms with E-state index in [1.165, 1.54) is 0 Å². The lowest BCUT2D eigenvalue weighted by Gasteiger charge is -2.26. The van der Waals surface area contributed by atoms with E-state index in [0.29, 0.717) is 12.5 Å². The lowest BCUT2D eigenvalue weighted by atomic mass is 10.2. The molecule has 0 radical (unpaired) electrons. The zero-order valence-electron chi connectivity index (χ0n) is 16.4. The van der Waals surface area contributed by atoms with Crippen LogP contribution in [0, 0.1) is 5.92 Å². The number of nitrogens with one attached hydrogen (secondary N) is 1. The minimum atomic E-state index is -0.0735. The molecule has 0 saturated carbocycles. The first kappa shape index (κ1) is 19.7. The minimum Gasteiger partial charge on any atom is -0.483 e. The average molecular weight is 373 g/mol. The molecule has 27 heavy (non-hydrogen) atoms. The van der Waals surface area contributed by atoms with Crippen LogP contribution in [0.4, 0.5) is 0 Å². The maximum atomic E-state index is 12.1. The highest BCUT2D eigenvalue weighted by Gasteiger charge is 2.11. The van der Waals surface area contributed by atoms with E-state index in [1.54, 1.807) is 0 Å². The number of benzene rings is 1. The third-order valence-corrected chi connectivity index (χ3v) is 4.77. The van der Waals surface area contributed by atoms with Crippen molar-refractivity contribution >= 4 is 16.8 Å². The van der Waals surface area contributed by atoms with E-state index >= 15 is 0 Å². The van der Waals surface area contributed by atoms with E-state index in [-0.39, 0.29) is 12.5 Å². The van der Waals surface area contributed by atoms with Crippen molar-refractivity contribution in [2.45, 2.75) is 26.8 Å². The number of carbonyl (C=O) groups excluding carboxylic acids is 1. The van der Waals surface area contributed by atoms with Crippen LogP contribution in [0.3, 0.4) is 0 Å². The second-order valence-corrected chi connectivity index (χ2v) is 7.50. The summed E-state index contributed by atoms with van der Waals surface area (Å²) in [7, 11) is 0. The van der Waals surface area contributed by atoms with Gasteiger partial charge in [0.25, 0.3) is 5.91 Å². The van der Waals surface area contributed by atoms with Crippen LogP contribution in [0.25, 0.3) is 10.9 Å². The molecule has 1 aromatic carbocycles. The third kappa shape index (κ3) is 5.71. The van der Waals surface area contributed by atoms with E-state index in [1.807, 2.05) is 12.1 Å². The molecule has 6 heteroatoms. The van der Waals surface area contributed by atoms with Gasteiger partial charge in [0.05, 0.1) is 18.7 Å². The Hall–Kier alpha value is -2.05. The minimum absolute atomic E-state index is 0.0476. The number of aromatic nitrogens is 1. The van der Waals surface area contributed by atoms with Gasteiger partial charge < -0.3 is 19.4 Å². The summed E-state index contributed by atoms with van der Waals surface area (Å²) in [5.74, 6) is 1.27. The maximum Gasteiger partial charge on any atom is 0.257 e. The van der Waals surface area contributed by atoms with Gasteiger partial charge >= 0.3 is 0 Å². The molecular weight excluding hydrogens is 342 g/mol. The summed E-state index contributed by atoms with van der Waals surface area (Å²) < 4.78 is 13.4. The van der Waals surface area contributed by atoms with Crippen LogP contribution < -0.4 is 10.1 Å². The molecule has 6 nitrogen and oxygen atoms in total.